The highest BCUT2D eigenvalue weighted by atomic mass is 15.2. The van der Waals surface area contributed by atoms with Gasteiger partial charge in [-0.15, -0.1) is 0 Å². The molecule has 88 valence electrons. The van der Waals surface area contributed by atoms with Gasteiger partial charge >= 0.3 is 0 Å². The molecule has 3 heteroatoms. The molecule has 0 radical (unpaired) electrons. The normalized spacial score (nSPS) is 21.1. The quantitative estimate of drug-likeness (QED) is 0.842. The molecule has 3 nitrogen and oxygen atoms in total. The van der Waals surface area contributed by atoms with Crippen molar-refractivity contribution in [2.24, 2.45) is 0 Å². The molecule has 1 aliphatic heterocycles. The highest BCUT2D eigenvalue weighted by Gasteiger charge is 2.22. The third-order valence-corrected chi connectivity index (χ3v) is 3.26. The summed E-state index contributed by atoms with van der Waals surface area (Å²) < 4.78 is 0. The van der Waals surface area contributed by atoms with Gasteiger partial charge in [0.05, 0.1) is 0 Å². The Morgan fingerprint density at radius 2 is 2.38 bits per heavy atom. The lowest BCUT2D eigenvalue weighted by atomic mass is 10.0. The Kier molecular flexibility index (Phi) is 3.78. The molecule has 2 rings (SSSR count). The van der Waals surface area contributed by atoms with E-state index >= 15 is 0 Å². The van der Waals surface area contributed by atoms with E-state index in [1.165, 1.54) is 24.8 Å². The molecule has 1 N–H and O–H groups in total. The van der Waals surface area contributed by atoms with Crippen molar-refractivity contribution in [2.45, 2.75) is 32.2 Å². The molecule has 1 atom stereocenters. The second-order valence-corrected chi connectivity index (χ2v) is 4.59. The van der Waals surface area contributed by atoms with Crippen molar-refractivity contribution >= 4 is 5.82 Å². The standard InChI is InChI=1S/C13H21N3/c1-11-6-7-15-13(9-11)16-8-4-3-5-12(16)10-14-2/h6-7,9,12,14H,3-5,8,10H2,1-2H3. The summed E-state index contributed by atoms with van der Waals surface area (Å²) >= 11 is 0. The Morgan fingerprint density at radius 1 is 1.50 bits per heavy atom. The fourth-order valence-corrected chi connectivity index (χ4v) is 2.43. The van der Waals surface area contributed by atoms with Gasteiger partial charge in [-0.2, -0.15) is 0 Å². The number of aromatic nitrogens is 1. The van der Waals surface area contributed by atoms with E-state index in [1.54, 1.807) is 0 Å². The Morgan fingerprint density at radius 3 is 3.12 bits per heavy atom. The average molecular weight is 219 g/mol. The minimum Gasteiger partial charge on any atom is -0.352 e. The number of likely N-dealkylation sites (N-methyl/N-ethyl adjacent to an activating group) is 1. The molecular weight excluding hydrogens is 198 g/mol. The van der Waals surface area contributed by atoms with E-state index in [9.17, 15) is 0 Å². The van der Waals surface area contributed by atoms with Gasteiger partial charge in [-0.25, -0.2) is 4.98 Å². The molecule has 1 unspecified atom stereocenters. The van der Waals surface area contributed by atoms with E-state index < -0.39 is 0 Å². The van der Waals surface area contributed by atoms with Crippen LogP contribution in [-0.4, -0.2) is 31.2 Å². The predicted octanol–water partition coefficient (Wildman–Crippen LogP) is 1.97. The van der Waals surface area contributed by atoms with Crippen LogP contribution in [0.4, 0.5) is 5.82 Å². The maximum Gasteiger partial charge on any atom is 0.129 e. The first kappa shape index (κ1) is 11.4. The van der Waals surface area contributed by atoms with Gasteiger partial charge < -0.3 is 10.2 Å². The summed E-state index contributed by atoms with van der Waals surface area (Å²) in [5.41, 5.74) is 1.29. The first-order valence-corrected chi connectivity index (χ1v) is 6.15. The smallest absolute Gasteiger partial charge is 0.129 e. The van der Waals surface area contributed by atoms with E-state index in [0.29, 0.717) is 6.04 Å². The van der Waals surface area contributed by atoms with Gasteiger partial charge in [-0.05, 0) is 50.9 Å². The Bertz CT molecular complexity index is 336. The van der Waals surface area contributed by atoms with Crippen LogP contribution < -0.4 is 10.2 Å². The first-order chi connectivity index (χ1) is 7.81. The predicted molar refractivity (Wildman–Crippen MR) is 67.9 cm³/mol. The molecule has 0 aromatic carbocycles. The highest BCUT2D eigenvalue weighted by molar-refractivity contribution is 5.42. The molecule has 1 fully saturated rings. The van der Waals surface area contributed by atoms with Gasteiger partial charge in [-0.1, -0.05) is 0 Å². The van der Waals surface area contributed by atoms with E-state index in [0.717, 1.165) is 18.9 Å². The second-order valence-electron chi connectivity index (χ2n) is 4.59. The highest BCUT2D eigenvalue weighted by Crippen LogP contribution is 2.23. The molecule has 1 aromatic heterocycles. The maximum atomic E-state index is 4.49. The van der Waals surface area contributed by atoms with E-state index in [4.69, 9.17) is 0 Å². The zero-order chi connectivity index (χ0) is 11.4. The molecule has 0 saturated carbocycles. The van der Waals surface area contributed by atoms with Crippen LogP contribution in [-0.2, 0) is 0 Å². The minimum absolute atomic E-state index is 0.605. The Hall–Kier alpha value is -1.09. The summed E-state index contributed by atoms with van der Waals surface area (Å²) in [4.78, 5) is 6.95. The number of nitrogens with zero attached hydrogens (tertiary/aromatic N) is 2. The van der Waals surface area contributed by atoms with Gasteiger partial charge in [0.2, 0.25) is 0 Å². The lowest BCUT2D eigenvalue weighted by molar-refractivity contribution is 0.443. The van der Waals surface area contributed by atoms with Crippen LogP contribution >= 0.6 is 0 Å². The number of hydrogen-bond donors (Lipinski definition) is 1. The summed E-state index contributed by atoms with van der Waals surface area (Å²) in [5, 5.41) is 3.28. The molecule has 2 heterocycles. The summed E-state index contributed by atoms with van der Waals surface area (Å²) in [6, 6.07) is 4.85. The van der Waals surface area contributed by atoms with Gasteiger partial charge in [0.25, 0.3) is 0 Å². The zero-order valence-electron chi connectivity index (χ0n) is 10.2. The number of rotatable bonds is 3. The van der Waals surface area contributed by atoms with Crippen LogP contribution in [0.1, 0.15) is 24.8 Å². The summed E-state index contributed by atoms with van der Waals surface area (Å²) in [5.74, 6) is 1.14. The molecule has 16 heavy (non-hydrogen) atoms. The Labute approximate surface area is 97.9 Å². The fraction of sp³-hybridized carbons (Fsp3) is 0.615. The monoisotopic (exact) mass is 219 g/mol. The largest absolute Gasteiger partial charge is 0.352 e. The van der Waals surface area contributed by atoms with Crippen molar-refractivity contribution in [3.8, 4) is 0 Å². The van der Waals surface area contributed by atoms with E-state index in [2.05, 4.69) is 34.3 Å². The van der Waals surface area contributed by atoms with Crippen molar-refractivity contribution in [1.82, 2.24) is 10.3 Å². The molecule has 0 bridgehead atoms. The first-order valence-electron chi connectivity index (χ1n) is 6.15. The number of piperidine rings is 1. The molecule has 0 spiro atoms. The summed E-state index contributed by atoms with van der Waals surface area (Å²) in [7, 11) is 2.02. The number of nitrogens with one attached hydrogen (secondary N) is 1. The number of anilines is 1. The van der Waals surface area contributed by atoms with Crippen LogP contribution in [0, 0.1) is 6.92 Å². The molecule has 1 saturated heterocycles. The topological polar surface area (TPSA) is 28.2 Å². The van der Waals surface area contributed by atoms with Crippen LogP contribution in [0.2, 0.25) is 0 Å². The van der Waals surface area contributed by atoms with Crippen LogP contribution in [0.15, 0.2) is 18.3 Å². The van der Waals surface area contributed by atoms with Crippen molar-refractivity contribution in [2.75, 3.05) is 25.0 Å². The number of aryl methyl sites for hydroxylation is 1. The van der Waals surface area contributed by atoms with Crippen molar-refractivity contribution < 1.29 is 0 Å². The fourth-order valence-electron chi connectivity index (χ4n) is 2.43. The summed E-state index contributed by atoms with van der Waals surface area (Å²) in [6.07, 6.45) is 5.82. The molecule has 1 aliphatic rings. The zero-order valence-corrected chi connectivity index (χ0v) is 10.2. The van der Waals surface area contributed by atoms with Gasteiger partial charge in [0.1, 0.15) is 5.82 Å². The second kappa shape index (κ2) is 5.30. The number of hydrogen-bond acceptors (Lipinski definition) is 3. The molecular formula is C13H21N3. The van der Waals surface area contributed by atoms with Crippen molar-refractivity contribution in [1.29, 1.82) is 0 Å². The molecule has 0 aliphatic carbocycles. The van der Waals surface area contributed by atoms with Gasteiger partial charge in [0.15, 0.2) is 0 Å². The lowest BCUT2D eigenvalue weighted by Crippen LogP contribution is -2.45. The number of pyridine rings is 1. The van der Waals surface area contributed by atoms with Crippen molar-refractivity contribution in [3.63, 3.8) is 0 Å². The van der Waals surface area contributed by atoms with E-state index in [-0.39, 0.29) is 0 Å². The van der Waals surface area contributed by atoms with Crippen LogP contribution in [0.3, 0.4) is 0 Å². The van der Waals surface area contributed by atoms with Crippen LogP contribution in [0.5, 0.6) is 0 Å². The van der Waals surface area contributed by atoms with Crippen LogP contribution in [0.25, 0.3) is 0 Å². The van der Waals surface area contributed by atoms with Crippen molar-refractivity contribution in [3.05, 3.63) is 23.9 Å². The molecule has 1 aromatic rings. The minimum atomic E-state index is 0.605. The van der Waals surface area contributed by atoms with E-state index in [1.807, 2.05) is 13.2 Å². The maximum absolute atomic E-state index is 4.49. The third-order valence-electron chi connectivity index (χ3n) is 3.26. The molecule has 0 amide bonds. The lowest BCUT2D eigenvalue weighted by Gasteiger charge is -2.36. The van der Waals surface area contributed by atoms with Gasteiger partial charge in [0, 0.05) is 25.3 Å². The summed E-state index contributed by atoms with van der Waals surface area (Å²) in [6.45, 7) is 4.32. The average Bonchev–Trinajstić information content (AvgIpc) is 2.30. The third kappa shape index (κ3) is 2.53. The SMILES string of the molecule is CNCC1CCCCN1c1cc(C)ccn1. The Balaban J connectivity index is 2.16. The van der Waals surface area contributed by atoms with Gasteiger partial charge in [-0.3, -0.25) is 0 Å².